The zero-order valence-corrected chi connectivity index (χ0v) is 10.3. The van der Waals surface area contributed by atoms with Crippen molar-refractivity contribution in [3.05, 3.63) is 69.8 Å². The van der Waals surface area contributed by atoms with Gasteiger partial charge < -0.3 is 9.84 Å². The predicted octanol–water partition coefficient (Wildman–Crippen LogP) is 2.69. The molecular formula is C14H13NO4. The summed E-state index contributed by atoms with van der Waals surface area (Å²) in [6.07, 6.45) is -0.962. The number of methoxy groups -OCH3 is 1. The summed E-state index contributed by atoms with van der Waals surface area (Å²) < 4.78 is 5.14. The number of benzene rings is 2. The van der Waals surface area contributed by atoms with E-state index in [0.29, 0.717) is 16.9 Å². The monoisotopic (exact) mass is 259 g/mol. The molecule has 0 aliphatic heterocycles. The van der Waals surface area contributed by atoms with Gasteiger partial charge in [0, 0.05) is 17.7 Å². The Morgan fingerprint density at radius 1 is 1.21 bits per heavy atom. The third-order valence-electron chi connectivity index (χ3n) is 2.83. The van der Waals surface area contributed by atoms with Crippen molar-refractivity contribution in [2.24, 2.45) is 0 Å². The summed E-state index contributed by atoms with van der Waals surface area (Å²) in [6, 6.07) is 13.1. The summed E-state index contributed by atoms with van der Waals surface area (Å²) in [4.78, 5) is 10.3. The maximum Gasteiger partial charge on any atom is 0.270 e. The van der Waals surface area contributed by atoms with Crippen molar-refractivity contribution >= 4 is 5.69 Å². The van der Waals surface area contributed by atoms with E-state index in [-0.39, 0.29) is 5.69 Å². The van der Waals surface area contributed by atoms with Crippen LogP contribution in [0.25, 0.3) is 0 Å². The van der Waals surface area contributed by atoms with Crippen LogP contribution in [0.2, 0.25) is 0 Å². The van der Waals surface area contributed by atoms with Crippen LogP contribution in [0, 0.1) is 10.1 Å². The Balaban J connectivity index is 2.47. The highest BCUT2D eigenvalue weighted by Gasteiger charge is 2.19. The average Bonchev–Trinajstić information content (AvgIpc) is 2.46. The van der Waals surface area contributed by atoms with Gasteiger partial charge in [-0.15, -0.1) is 0 Å². The molecule has 0 aromatic heterocycles. The first kappa shape index (κ1) is 13.0. The number of hydrogen-bond acceptors (Lipinski definition) is 4. The normalized spacial score (nSPS) is 11.9. The number of rotatable bonds is 4. The fourth-order valence-corrected chi connectivity index (χ4v) is 1.86. The average molecular weight is 259 g/mol. The van der Waals surface area contributed by atoms with Crippen LogP contribution >= 0.6 is 0 Å². The van der Waals surface area contributed by atoms with Gasteiger partial charge in [0.15, 0.2) is 0 Å². The Bertz CT molecular complexity index is 583. The second kappa shape index (κ2) is 5.49. The summed E-state index contributed by atoms with van der Waals surface area (Å²) in [5.74, 6) is 0.418. The van der Waals surface area contributed by atoms with Gasteiger partial charge in [0.05, 0.1) is 12.0 Å². The van der Waals surface area contributed by atoms with Gasteiger partial charge in [-0.2, -0.15) is 0 Å². The summed E-state index contributed by atoms with van der Waals surface area (Å²) >= 11 is 0. The van der Waals surface area contributed by atoms with Crippen LogP contribution in [0.3, 0.4) is 0 Å². The van der Waals surface area contributed by atoms with Gasteiger partial charge in [0.25, 0.3) is 5.69 Å². The van der Waals surface area contributed by atoms with E-state index in [1.165, 1.54) is 25.3 Å². The summed E-state index contributed by atoms with van der Waals surface area (Å²) in [6.45, 7) is 0. The number of nitrogens with zero attached hydrogens (tertiary/aromatic N) is 1. The lowest BCUT2D eigenvalue weighted by Gasteiger charge is -2.14. The lowest BCUT2D eigenvalue weighted by Crippen LogP contribution is -2.03. The van der Waals surface area contributed by atoms with Crippen molar-refractivity contribution in [3.63, 3.8) is 0 Å². The molecule has 19 heavy (non-hydrogen) atoms. The number of nitro groups is 1. The molecule has 2 aromatic carbocycles. The van der Waals surface area contributed by atoms with Crippen LogP contribution in [0.5, 0.6) is 5.75 Å². The molecule has 0 saturated carbocycles. The van der Waals surface area contributed by atoms with Gasteiger partial charge in [-0.25, -0.2) is 0 Å². The second-order valence-electron chi connectivity index (χ2n) is 4.00. The molecule has 0 aliphatic rings. The van der Waals surface area contributed by atoms with Crippen LogP contribution in [0.15, 0.2) is 48.5 Å². The Morgan fingerprint density at radius 2 is 1.89 bits per heavy atom. The summed E-state index contributed by atoms with van der Waals surface area (Å²) in [7, 11) is 1.46. The summed E-state index contributed by atoms with van der Waals surface area (Å²) in [5.41, 5.74) is 0.954. The van der Waals surface area contributed by atoms with E-state index in [2.05, 4.69) is 0 Å². The third-order valence-corrected chi connectivity index (χ3v) is 2.83. The Labute approximate surface area is 110 Å². The molecule has 5 heteroatoms. The smallest absolute Gasteiger partial charge is 0.270 e. The third kappa shape index (κ3) is 2.71. The fourth-order valence-electron chi connectivity index (χ4n) is 1.86. The molecule has 0 bridgehead atoms. The number of ether oxygens (including phenoxy) is 1. The number of nitro benzene ring substituents is 1. The minimum absolute atomic E-state index is 0.0780. The van der Waals surface area contributed by atoms with E-state index in [9.17, 15) is 15.2 Å². The van der Waals surface area contributed by atoms with Gasteiger partial charge in [-0.1, -0.05) is 30.3 Å². The number of hydrogen-bond donors (Lipinski definition) is 1. The van der Waals surface area contributed by atoms with Gasteiger partial charge in [-0.05, 0) is 11.6 Å². The Morgan fingerprint density at radius 3 is 2.47 bits per heavy atom. The molecule has 5 nitrogen and oxygen atoms in total. The highest BCUT2D eigenvalue weighted by Crippen LogP contribution is 2.32. The topological polar surface area (TPSA) is 72.6 Å². The van der Waals surface area contributed by atoms with E-state index < -0.39 is 11.0 Å². The van der Waals surface area contributed by atoms with Crippen molar-refractivity contribution < 1.29 is 14.8 Å². The van der Waals surface area contributed by atoms with Crippen LogP contribution < -0.4 is 4.74 Å². The number of aliphatic hydroxyl groups excluding tert-OH is 1. The molecule has 0 unspecified atom stereocenters. The van der Waals surface area contributed by atoms with Gasteiger partial charge in [0.1, 0.15) is 11.9 Å². The maximum absolute atomic E-state index is 10.8. The van der Waals surface area contributed by atoms with Crippen molar-refractivity contribution in [2.45, 2.75) is 6.10 Å². The molecule has 0 spiro atoms. The minimum atomic E-state index is -0.962. The first-order valence-corrected chi connectivity index (χ1v) is 5.69. The second-order valence-corrected chi connectivity index (χ2v) is 4.00. The lowest BCUT2D eigenvalue weighted by molar-refractivity contribution is -0.385. The molecule has 2 aromatic rings. The number of aliphatic hydroxyl groups is 1. The maximum atomic E-state index is 10.8. The largest absolute Gasteiger partial charge is 0.496 e. The molecular weight excluding hydrogens is 246 g/mol. The molecule has 0 fully saturated rings. The Kier molecular flexibility index (Phi) is 3.77. The van der Waals surface area contributed by atoms with E-state index in [1.54, 1.807) is 24.3 Å². The van der Waals surface area contributed by atoms with Crippen LogP contribution in [0.1, 0.15) is 17.2 Å². The minimum Gasteiger partial charge on any atom is -0.496 e. The highest BCUT2D eigenvalue weighted by molar-refractivity contribution is 5.47. The van der Waals surface area contributed by atoms with E-state index >= 15 is 0 Å². The SMILES string of the molecule is COc1ccc([N+](=O)[O-])cc1[C@@H](O)c1ccccc1. The first-order valence-electron chi connectivity index (χ1n) is 5.69. The molecule has 0 heterocycles. The quantitative estimate of drug-likeness (QED) is 0.676. The molecule has 1 atom stereocenters. The van der Waals surface area contributed by atoms with Gasteiger partial charge in [-0.3, -0.25) is 10.1 Å². The van der Waals surface area contributed by atoms with E-state index in [4.69, 9.17) is 4.74 Å². The zero-order valence-electron chi connectivity index (χ0n) is 10.3. The molecule has 98 valence electrons. The standard InChI is InChI=1S/C14H13NO4/c1-19-13-8-7-11(15(17)18)9-12(13)14(16)10-5-3-2-4-6-10/h2-9,14,16H,1H3/t14-/m0/s1. The van der Waals surface area contributed by atoms with Crippen molar-refractivity contribution in [2.75, 3.05) is 7.11 Å². The molecule has 2 rings (SSSR count). The number of non-ortho nitro benzene ring substituents is 1. The molecule has 0 saturated heterocycles. The molecule has 1 N–H and O–H groups in total. The Hall–Kier alpha value is -2.40. The van der Waals surface area contributed by atoms with E-state index in [0.717, 1.165) is 0 Å². The van der Waals surface area contributed by atoms with Crippen LogP contribution in [-0.4, -0.2) is 17.1 Å². The lowest BCUT2D eigenvalue weighted by atomic mass is 10.00. The predicted molar refractivity (Wildman–Crippen MR) is 70.2 cm³/mol. The van der Waals surface area contributed by atoms with Crippen molar-refractivity contribution in [1.29, 1.82) is 0 Å². The van der Waals surface area contributed by atoms with Crippen molar-refractivity contribution in [3.8, 4) is 5.75 Å². The van der Waals surface area contributed by atoms with Gasteiger partial charge in [0.2, 0.25) is 0 Å². The van der Waals surface area contributed by atoms with Crippen LogP contribution in [0.4, 0.5) is 5.69 Å². The van der Waals surface area contributed by atoms with Crippen LogP contribution in [-0.2, 0) is 0 Å². The highest BCUT2D eigenvalue weighted by atomic mass is 16.6. The molecule has 0 aliphatic carbocycles. The molecule has 0 radical (unpaired) electrons. The fraction of sp³-hybridized carbons (Fsp3) is 0.143. The van der Waals surface area contributed by atoms with Gasteiger partial charge >= 0.3 is 0 Å². The summed E-state index contributed by atoms with van der Waals surface area (Å²) in [5, 5.41) is 21.1. The van der Waals surface area contributed by atoms with E-state index in [1.807, 2.05) is 6.07 Å². The zero-order chi connectivity index (χ0) is 13.8. The molecule has 0 amide bonds. The van der Waals surface area contributed by atoms with Crippen molar-refractivity contribution in [1.82, 2.24) is 0 Å². The first-order chi connectivity index (χ1) is 9.13.